The molecule has 1 fully saturated rings. The van der Waals surface area contributed by atoms with Crippen molar-refractivity contribution in [3.8, 4) is 0 Å². The van der Waals surface area contributed by atoms with Gasteiger partial charge in [-0.15, -0.1) is 0 Å². The van der Waals surface area contributed by atoms with Gasteiger partial charge in [-0.05, 0) is 20.3 Å². The summed E-state index contributed by atoms with van der Waals surface area (Å²) in [4.78, 5) is 17.1. The number of ether oxygens (including phenoxy) is 1. The molecule has 0 spiro atoms. The zero-order valence-corrected chi connectivity index (χ0v) is 11.9. The summed E-state index contributed by atoms with van der Waals surface area (Å²) in [5, 5.41) is 12.5. The molecule has 7 nitrogen and oxygen atoms in total. The van der Waals surface area contributed by atoms with Crippen LogP contribution in [0.2, 0.25) is 0 Å². The first-order valence-electron chi connectivity index (χ1n) is 6.96. The Kier molecular flexibility index (Phi) is 5.08. The predicted molar refractivity (Wildman–Crippen MR) is 70.3 cm³/mol. The van der Waals surface area contributed by atoms with E-state index < -0.39 is 5.97 Å². The number of rotatable bonds is 6. The molecule has 112 valence electrons. The average molecular weight is 283 g/mol. The van der Waals surface area contributed by atoms with Crippen LogP contribution in [0.25, 0.3) is 0 Å². The van der Waals surface area contributed by atoms with Gasteiger partial charge in [0.2, 0.25) is 11.7 Å². The van der Waals surface area contributed by atoms with E-state index in [9.17, 15) is 4.79 Å². The molecule has 7 heteroatoms. The van der Waals surface area contributed by atoms with E-state index in [1.165, 1.54) is 0 Å². The topological polar surface area (TPSA) is 88.7 Å². The van der Waals surface area contributed by atoms with Crippen molar-refractivity contribution >= 4 is 5.97 Å². The molecule has 1 N–H and O–H groups in total. The molecule has 2 rings (SSSR count). The first-order valence-corrected chi connectivity index (χ1v) is 6.96. The van der Waals surface area contributed by atoms with Gasteiger partial charge in [-0.2, -0.15) is 4.98 Å². The molecule has 0 amide bonds. The highest BCUT2D eigenvalue weighted by Crippen LogP contribution is 2.21. The summed E-state index contributed by atoms with van der Waals surface area (Å²) in [7, 11) is 0. The van der Waals surface area contributed by atoms with Gasteiger partial charge in [-0.1, -0.05) is 5.16 Å². The maximum absolute atomic E-state index is 10.4. The lowest BCUT2D eigenvalue weighted by Crippen LogP contribution is -2.42. The minimum absolute atomic E-state index is 0.110. The fraction of sp³-hybridized carbons (Fsp3) is 0.769. The van der Waals surface area contributed by atoms with Gasteiger partial charge in [0.1, 0.15) is 6.10 Å². The molecular weight excluding hydrogens is 262 g/mol. The highest BCUT2D eigenvalue weighted by Gasteiger charge is 2.27. The minimum atomic E-state index is -0.812. The number of hydrogen-bond donors (Lipinski definition) is 1. The number of carboxylic acids is 1. The molecule has 0 aliphatic carbocycles. The zero-order chi connectivity index (χ0) is 14.5. The van der Waals surface area contributed by atoms with Crippen LogP contribution < -0.4 is 0 Å². The standard InChI is InChI=1S/C13H21N3O4/c1-9(2)16-6-7-19-10(8-16)13-14-11(20-15-13)4-3-5-12(17)18/h9-10H,3-8H2,1-2H3,(H,17,18). The van der Waals surface area contributed by atoms with E-state index in [1.54, 1.807) is 0 Å². The number of aromatic nitrogens is 2. The summed E-state index contributed by atoms with van der Waals surface area (Å²) in [5.74, 6) is 0.222. The van der Waals surface area contributed by atoms with E-state index in [0.29, 0.717) is 37.2 Å². The van der Waals surface area contributed by atoms with E-state index in [-0.39, 0.29) is 12.5 Å². The Morgan fingerprint density at radius 1 is 1.55 bits per heavy atom. The van der Waals surface area contributed by atoms with Crippen LogP contribution in [0, 0.1) is 0 Å². The lowest BCUT2D eigenvalue weighted by atomic mass is 10.2. The number of carbonyl (C=O) groups is 1. The monoisotopic (exact) mass is 283 g/mol. The Hall–Kier alpha value is -1.47. The van der Waals surface area contributed by atoms with Crippen LogP contribution in [0.5, 0.6) is 0 Å². The second-order valence-corrected chi connectivity index (χ2v) is 5.24. The van der Waals surface area contributed by atoms with Crippen LogP contribution in [-0.2, 0) is 16.0 Å². The maximum Gasteiger partial charge on any atom is 0.303 e. The number of hydrogen-bond acceptors (Lipinski definition) is 6. The Morgan fingerprint density at radius 2 is 2.35 bits per heavy atom. The van der Waals surface area contributed by atoms with Gasteiger partial charge in [0.25, 0.3) is 0 Å². The van der Waals surface area contributed by atoms with Crippen LogP contribution in [0.15, 0.2) is 4.52 Å². The second kappa shape index (κ2) is 6.81. The lowest BCUT2D eigenvalue weighted by molar-refractivity contribution is -0.137. The molecule has 1 saturated heterocycles. The molecule has 1 aromatic rings. The third kappa shape index (κ3) is 4.01. The van der Waals surface area contributed by atoms with Crippen molar-refractivity contribution in [1.82, 2.24) is 15.0 Å². The molecule has 0 saturated carbocycles. The molecule has 1 aromatic heterocycles. The van der Waals surface area contributed by atoms with Crippen molar-refractivity contribution in [2.75, 3.05) is 19.7 Å². The molecule has 2 heterocycles. The highest BCUT2D eigenvalue weighted by atomic mass is 16.5. The molecule has 1 aliphatic rings. The SMILES string of the molecule is CC(C)N1CCOC(c2noc(CCCC(=O)O)n2)C1. The fourth-order valence-electron chi connectivity index (χ4n) is 2.19. The van der Waals surface area contributed by atoms with Crippen molar-refractivity contribution in [1.29, 1.82) is 0 Å². The third-order valence-corrected chi connectivity index (χ3v) is 3.38. The van der Waals surface area contributed by atoms with Crippen molar-refractivity contribution < 1.29 is 19.2 Å². The van der Waals surface area contributed by atoms with E-state index in [2.05, 4.69) is 28.9 Å². The van der Waals surface area contributed by atoms with Crippen molar-refractivity contribution in [2.24, 2.45) is 0 Å². The smallest absolute Gasteiger partial charge is 0.303 e. The summed E-state index contributed by atoms with van der Waals surface area (Å²) >= 11 is 0. The molecule has 20 heavy (non-hydrogen) atoms. The van der Waals surface area contributed by atoms with Crippen molar-refractivity contribution in [2.45, 2.75) is 45.3 Å². The van der Waals surface area contributed by atoms with Gasteiger partial charge in [0, 0.05) is 32.0 Å². The minimum Gasteiger partial charge on any atom is -0.481 e. The van der Waals surface area contributed by atoms with Gasteiger partial charge in [0.15, 0.2) is 0 Å². The van der Waals surface area contributed by atoms with E-state index in [4.69, 9.17) is 14.4 Å². The first-order chi connectivity index (χ1) is 9.56. The molecule has 1 aliphatic heterocycles. The second-order valence-electron chi connectivity index (χ2n) is 5.24. The van der Waals surface area contributed by atoms with Gasteiger partial charge in [-0.25, -0.2) is 0 Å². The van der Waals surface area contributed by atoms with E-state index in [0.717, 1.165) is 13.1 Å². The number of nitrogens with zero attached hydrogens (tertiary/aromatic N) is 3. The van der Waals surface area contributed by atoms with Crippen molar-refractivity contribution in [3.05, 3.63) is 11.7 Å². The fourth-order valence-corrected chi connectivity index (χ4v) is 2.19. The van der Waals surface area contributed by atoms with Crippen LogP contribution in [-0.4, -0.2) is 51.9 Å². The largest absolute Gasteiger partial charge is 0.481 e. The Labute approximate surface area is 117 Å². The summed E-state index contributed by atoms with van der Waals surface area (Å²) in [5.41, 5.74) is 0. The summed E-state index contributed by atoms with van der Waals surface area (Å²) in [6.45, 7) is 6.63. The molecule has 1 unspecified atom stereocenters. The number of carboxylic acid groups (broad SMARTS) is 1. The molecular formula is C13H21N3O4. The molecule has 0 aromatic carbocycles. The molecule has 0 radical (unpaired) electrons. The number of aryl methyl sites for hydroxylation is 1. The van der Waals surface area contributed by atoms with Gasteiger partial charge < -0.3 is 14.4 Å². The van der Waals surface area contributed by atoms with Gasteiger partial charge >= 0.3 is 5.97 Å². The maximum atomic E-state index is 10.4. The molecule has 0 bridgehead atoms. The van der Waals surface area contributed by atoms with Crippen LogP contribution in [0.1, 0.15) is 44.5 Å². The van der Waals surface area contributed by atoms with Gasteiger partial charge in [0.05, 0.1) is 6.61 Å². The lowest BCUT2D eigenvalue weighted by Gasteiger charge is -2.34. The summed E-state index contributed by atoms with van der Waals surface area (Å²) in [6, 6.07) is 0.461. The van der Waals surface area contributed by atoms with Crippen LogP contribution in [0.3, 0.4) is 0 Å². The zero-order valence-electron chi connectivity index (χ0n) is 11.9. The first kappa shape index (κ1) is 14.9. The summed E-state index contributed by atoms with van der Waals surface area (Å²) < 4.78 is 10.8. The van der Waals surface area contributed by atoms with Crippen LogP contribution in [0.4, 0.5) is 0 Å². The number of morpholine rings is 1. The quantitative estimate of drug-likeness (QED) is 0.840. The van der Waals surface area contributed by atoms with Crippen LogP contribution >= 0.6 is 0 Å². The number of aliphatic carboxylic acids is 1. The average Bonchev–Trinajstić information content (AvgIpc) is 2.87. The molecule has 1 atom stereocenters. The Morgan fingerprint density at radius 3 is 3.05 bits per heavy atom. The Bertz CT molecular complexity index is 447. The Balaban J connectivity index is 1.89. The summed E-state index contributed by atoms with van der Waals surface area (Å²) in [6.07, 6.45) is 0.933. The predicted octanol–water partition coefficient (Wildman–Crippen LogP) is 1.26. The van der Waals surface area contributed by atoms with E-state index in [1.807, 2.05) is 0 Å². The highest BCUT2D eigenvalue weighted by molar-refractivity contribution is 5.66. The third-order valence-electron chi connectivity index (χ3n) is 3.38. The normalized spacial score (nSPS) is 20.4. The van der Waals surface area contributed by atoms with Gasteiger partial charge in [-0.3, -0.25) is 9.69 Å². The van der Waals surface area contributed by atoms with E-state index >= 15 is 0 Å². The van der Waals surface area contributed by atoms with Crippen molar-refractivity contribution in [3.63, 3.8) is 0 Å².